The van der Waals surface area contributed by atoms with E-state index in [4.69, 9.17) is 10.1 Å². The minimum atomic E-state index is -0.261. The van der Waals surface area contributed by atoms with Crippen LogP contribution in [0, 0.1) is 5.82 Å². The van der Waals surface area contributed by atoms with E-state index in [1.54, 1.807) is 11.0 Å². The minimum absolute atomic E-state index is 0.261. The van der Waals surface area contributed by atoms with Crippen molar-refractivity contribution in [3.63, 3.8) is 0 Å². The van der Waals surface area contributed by atoms with Gasteiger partial charge < -0.3 is 9.80 Å². The molecule has 31 heavy (non-hydrogen) atoms. The summed E-state index contributed by atoms with van der Waals surface area (Å²) in [5.74, 6) is 0.782. The minimum Gasteiger partial charge on any atom is -0.345 e. The number of nitrogens with zero attached hydrogens (tertiary/aromatic N) is 4. The molecule has 0 unspecified atom stereocenters. The zero-order valence-corrected chi connectivity index (χ0v) is 17.8. The zero-order valence-electron chi connectivity index (χ0n) is 17.8. The van der Waals surface area contributed by atoms with E-state index in [-0.39, 0.29) is 5.82 Å². The van der Waals surface area contributed by atoms with Gasteiger partial charge in [0.05, 0.1) is 44.1 Å². The van der Waals surface area contributed by atoms with Crippen molar-refractivity contribution in [2.75, 3.05) is 37.6 Å². The molecule has 3 heterocycles. The molecule has 2 aromatic carbocycles. The molecule has 1 aliphatic heterocycles. The van der Waals surface area contributed by atoms with Crippen LogP contribution in [0.15, 0.2) is 66.7 Å². The first-order valence-corrected chi connectivity index (χ1v) is 11.0. The normalized spacial score (nSPS) is 15.0. The molecule has 1 aliphatic rings. The lowest BCUT2D eigenvalue weighted by atomic mass is 10.1. The molecule has 5 nitrogen and oxygen atoms in total. The Morgan fingerprint density at radius 1 is 0.903 bits per heavy atom. The highest BCUT2D eigenvalue weighted by Crippen LogP contribution is 2.28. The van der Waals surface area contributed by atoms with E-state index in [2.05, 4.69) is 30.0 Å². The van der Waals surface area contributed by atoms with Crippen LogP contribution in [-0.4, -0.2) is 47.3 Å². The summed E-state index contributed by atoms with van der Waals surface area (Å²) in [4.78, 5) is 8.95. The maximum atomic E-state index is 13.8. The second-order valence-corrected chi connectivity index (χ2v) is 8.16. The molecule has 1 fully saturated rings. The lowest BCUT2D eigenvalue weighted by molar-refractivity contribution is -0.900. The molecule has 158 valence electrons. The number of piperazine rings is 1. The summed E-state index contributed by atoms with van der Waals surface area (Å²) in [7, 11) is 0. The van der Waals surface area contributed by atoms with Crippen LogP contribution < -0.4 is 9.80 Å². The maximum Gasteiger partial charge on any atom is 0.158 e. The quantitative estimate of drug-likeness (QED) is 0.542. The Bertz CT molecular complexity index is 1180. The number of fused-ring (bicyclic) bond motifs is 1. The Balaban J connectivity index is 1.59. The summed E-state index contributed by atoms with van der Waals surface area (Å²) in [5.41, 5.74) is 4.27. The lowest BCUT2D eigenvalue weighted by Crippen LogP contribution is -3.14. The number of benzene rings is 2. The Morgan fingerprint density at radius 2 is 1.68 bits per heavy atom. The number of nitrogens with one attached hydrogen (secondary N) is 1. The van der Waals surface area contributed by atoms with Gasteiger partial charge in [0, 0.05) is 23.3 Å². The van der Waals surface area contributed by atoms with Crippen LogP contribution in [0.5, 0.6) is 0 Å². The van der Waals surface area contributed by atoms with Crippen molar-refractivity contribution < 1.29 is 9.29 Å². The molecule has 0 amide bonds. The topological polar surface area (TPSA) is 37.9 Å². The summed E-state index contributed by atoms with van der Waals surface area (Å²) in [6.45, 7) is 7.68. The summed E-state index contributed by atoms with van der Waals surface area (Å²) < 4.78 is 15.7. The van der Waals surface area contributed by atoms with Crippen molar-refractivity contribution in [3.05, 3.63) is 72.5 Å². The molecule has 0 atom stereocenters. The number of rotatable bonds is 5. The van der Waals surface area contributed by atoms with E-state index in [0.29, 0.717) is 0 Å². The van der Waals surface area contributed by atoms with E-state index in [0.717, 1.165) is 60.2 Å². The van der Waals surface area contributed by atoms with Crippen LogP contribution in [0.4, 0.5) is 10.2 Å². The molecule has 0 bridgehead atoms. The van der Waals surface area contributed by atoms with Crippen LogP contribution in [0.1, 0.15) is 13.3 Å². The van der Waals surface area contributed by atoms with Crippen LogP contribution in [0.3, 0.4) is 0 Å². The first kappa shape index (κ1) is 19.7. The third-order valence-corrected chi connectivity index (χ3v) is 6.00. The van der Waals surface area contributed by atoms with Gasteiger partial charge in [0.25, 0.3) is 0 Å². The SMILES string of the molecule is CCC[NH+]1CCN(c2cc(-c3ccccc3)nc3cc(-c4cccc(F)c4)nn23)CC1. The summed E-state index contributed by atoms with van der Waals surface area (Å²) in [6.07, 6.45) is 1.21. The number of quaternary nitrogens is 1. The third kappa shape index (κ3) is 4.03. The van der Waals surface area contributed by atoms with E-state index < -0.39 is 0 Å². The van der Waals surface area contributed by atoms with Gasteiger partial charge in [-0.05, 0) is 18.6 Å². The van der Waals surface area contributed by atoms with Crippen LogP contribution in [-0.2, 0) is 0 Å². The van der Waals surface area contributed by atoms with Crippen molar-refractivity contribution in [2.45, 2.75) is 13.3 Å². The molecule has 0 saturated carbocycles. The largest absolute Gasteiger partial charge is 0.345 e. The predicted octanol–water partition coefficient (Wildman–Crippen LogP) is 3.32. The van der Waals surface area contributed by atoms with Gasteiger partial charge in [0.1, 0.15) is 11.6 Å². The van der Waals surface area contributed by atoms with Crippen molar-refractivity contribution in [1.82, 2.24) is 14.6 Å². The van der Waals surface area contributed by atoms with Gasteiger partial charge in [-0.25, -0.2) is 9.37 Å². The Labute approximate surface area is 181 Å². The average Bonchev–Trinajstić information content (AvgIpc) is 3.24. The van der Waals surface area contributed by atoms with E-state index in [9.17, 15) is 4.39 Å². The smallest absolute Gasteiger partial charge is 0.158 e. The molecule has 2 aromatic heterocycles. The predicted molar refractivity (Wildman–Crippen MR) is 122 cm³/mol. The Hall–Kier alpha value is -3.25. The highest BCUT2D eigenvalue weighted by molar-refractivity contribution is 5.71. The van der Waals surface area contributed by atoms with Gasteiger partial charge in [-0.1, -0.05) is 49.4 Å². The van der Waals surface area contributed by atoms with Gasteiger partial charge >= 0.3 is 0 Å². The fraction of sp³-hybridized carbons (Fsp3) is 0.280. The Kier molecular flexibility index (Phi) is 5.38. The standard InChI is InChI=1S/C25H26FN5/c1-2-11-29-12-14-30(15-13-29)25-18-22(19-7-4-3-5-8-19)27-24-17-23(28-31(24)25)20-9-6-10-21(26)16-20/h3-10,16-18H,2,11-15H2,1H3/p+1. The molecule has 0 aliphatic carbocycles. The fourth-order valence-electron chi connectivity index (χ4n) is 4.39. The molecule has 6 heteroatoms. The summed E-state index contributed by atoms with van der Waals surface area (Å²) >= 11 is 0. The monoisotopic (exact) mass is 416 g/mol. The zero-order chi connectivity index (χ0) is 21.2. The second-order valence-electron chi connectivity index (χ2n) is 8.16. The lowest BCUT2D eigenvalue weighted by Gasteiger charge is -2.33. The highest BCUT2D eigenvalue weighted by Gasteiger charge is 2.23. The Morgan fingerprint density at radius 3 is 2.42 bits per heavy atom. The number of aromatic nitrogens is 3. The third-order valence-electron chi connectivity index (χ3n) is 6.00. The first-order chi connectivity index (χ1) is 15.2. The maximum absolute atomic E-state index is 13.8. The van der Waals surface area contributed by atoms with Crippen molar-refractivity contribution >= 4 is 11.5 Å². The molecule has 0 radical (unpaired) electrons. The summed E-state index contributed by atoms with van der Waals surface area (Å²) in [6, 6.07) is 20.9. The van der Waals surface area contributed by atoms with E-state index >= 15 is 0 Å². The number of hydrogen-bond donors (Lipinski definition) is 1. The molecule has 1 N–H and O–H groups in total. The number of halogens is 1. The molecule has 5 rings (SSSR count). The molecular weight excluding hydrogens is 389 g/mol. The average molecular weight is 417 g/mol. The van der Waals surface area contributed by atoms with E-state index in [1.807, 2.05) is 34.8 Å². The van der Waals surface area contributed by atoms with Crippen molar-refractivity contribution in [3.8, 4) is 22.5 Å². The van der Waals surface area contributed by atoms with Gasteiger partial charge in [0.15, 0.2) is 5.65 Å². The number of hydrogen-bond acceptors (Lipinski definition) is 3. The first-order valence-electron chi connectivity index (χ1n) is 11.0. The van der Waals surface area contributed by atoms with Crippen LogP contribution in [0.25, 0.3) is 28.2 Å². The van der Waals surface area contributed by atoms with E-state index in [1.165, 1.54) is 25.1 Å². The van der Waals surface area contributed by atoms with Crippen LogP contribution >= 0.6 is 0 Å². The van der Waals surface area contributed by atoms with Gasteiger partial charge in [0.2, 0.25) is 0 Å². The molecular formula is C25H27FN5+. The van der Waals surface area contributed by atoms with Crippen molar-refractivity contribution in [1.29, 1.82) is 0 Å². The molecule has 0 spiro atoms. The van der Waals surface area contributed by atoms with Gasteiger partial charge in [-0.2, -0.15) is 9.61 Å². The van der Waals surface area contributed by atoms with Crippen molar-refractivity contribution in [2.24, 2.45) is 0 Å². The fourth-order valence-corrected chi connectivity index (χ4v) is 4.39. The van der Waals surface area contributed by atoms with Gasteiger partial charge in [-0.15, -0.1) is 0 Å². The van der Waals surface area contributed by atoms with Gasteiger partial charge in [-0.3, -0.25) is 0 Å². The number of anilines is 1. The summed E-state index contributed by atoms with van der Waals surface area (Å²) in [5, 5.41) is 4.83. The molecule has 4 aromatic rings. The second kappa shape index (κ2) is 8.47. The molecule has 1 saturated heterocycles. The highest BCUT2D eigenvalue weighted by atomic mass is 19.1. The van der Waals surface area contributed by atoms with Crippen LogP contribution in [0.2, 0.25) is 0 Å².